The van der Waals surface area contributed by atoms with Crippen molar-refractivity contribution < 1.29 is 14.3 Å². The number of aromatic amines is 1. The second-order valence-corrected chi connectivity index (χ2v) is 7.60. The molecule has 1 saturated heterocycles. The Bertz CT molecular complexity index is 828. The van der Waals surface area contributed by atoms with Crippen LogP contribution in [0.4, 0.5) is 4.79 Å². The second kappa shape index (κ2) is 8.46. The summed E-state index contributed by atoms with van der Waals surface area (Å²) in [5.74, 6) is 0.630. The predicted octanol–water partition coefficient (Wildman–Crippen LogP) is 3.43. The Balaban J connectivity index is 1.79. The molecule has 2 aromatic rings. The van der Waals surface area contributed by atoms with Gasteiger partial charge in [0, 0.05) is 6.54 Å². The van der Waals surface area contributed by atoms with E-state index in [1.54, 1.807) is 0 Å². The SMILES string of the molecule is COC(=O)N[C@H](C(=O)N1CCC[C@@H]1c1ncc(-c2ccc(C)cc2)[nH]1)C(C)C. The molecule has 0 saturated carbocycles. The third kappa shape index (κ3) is 4.18. The van der Waals surface area contributed by atoms with Crippen molar-refractivity contribution in [3.05, 3.63) is 41.9 Å². The Morgan fingerprint density at radius 3 is 2.64 bits per heavy atom. The number of benzene rings is 1. The van der Waals surface area contributed by atoms with E-state index in [2.05, 4.69) is 51.2 Å². The molecule has 7 heteroatoms. The monoisotopic (exact) mass is 384 g/mol. The lowest BCUT2D eigenvalue weighted by Gasteiger charge is -2.30. The number of aryl methyl sites for hydroxylation is 1. The molecule has 0 unspecified atom stereocenters. The number of carbonyl (C=O) groups is 2. The minimum Gasteiger partial charge on any atom is -0.453 e. The number of rotatable bonds is 5. The van der Waals surface area contributed by atoms with E-state index in [1.165, 1.54) is 12.7 Å². The first-order valence-electron chi connectivity index (χ1n) is 9.67. The maximum Gasteiger partial charge on any atom is 0.407 e. The molecule has 3 rings (SSSR count). The predicted molar refractivity (Wildman–Crippen MR) is 107 cm³/mol. The zero-order chi connectivity index (χ0) is 20.3. The molecule has 0 aliphatic carbocycles. The van der Waals surface area contributed by atoms with E-state index in [0.29, 0.717) is 6.54 Å². The molecule has 2 heterocycles. The van der Waals surface area contributed by atoms with Crippen LogP contribution in [-0.4, -0.2) is 46.6 Å². The number of likely N-dealkylation sites (tertiary alicyclic amines) is 1. The Labute approximate surface area is 165 Å². The highest BCUT2D eigenvalue weighted by Gasteiger charge is 2.37. The zero-order valence-corrected chi connectivity index (χ0v) is 16.9. The van der Waals surface area contributed by atoms with Gasteiger partial charge in [-0.3, -0.25) is 4.79 Å². The lowest BCUT2D eigenvalue weighted by molar-refractivity contribution is -0.135. The van der Waals surface area contributed by atoms with Crippen LogP contribution in [0.5, 0.6) is 0 Å². The standard InChI is InChI=1S/C21H28N4O3/c1-13(2)18(24-21(27)28-4)20(26)25-11-5-6-17(25)19-22-12-16(23-19)15-9-7-14(3)8-10-15/h7-10,12-13,17-18H,5-6,11H2,1-4H3,(H,22,23)(H,24,27)/t17-,18+/m1/s1. The van der Waals surface area contributed by atoms with Crippen LogP contribution in [0.1, 0.15) is 44.1 Å². The Kier molecular flexibility index (Phi) is 6.02. The number of amides is 2. The minimum atomic E-state index is -0.625. The molecule has 0 radical (unpaired) electrons. The maximum atomic E-state index is 13.2. The van der Waals surface area contributed by atoms with Gasteiger partial charge < -0.3 is 19.9 Å². The molecule has 2 amide bonds. The molecular weight excluding hydrogens is 356 g/mol. The number of imidazole rings is 1. The molecule has 1 aromatic carbocycles. The number of methoxy groups -OCH3 is 1. The lowest BCUT2D eigenvalue weighted by atomic mass is 10.0. The van der Waals surface area contributed by atoms with Crippen LogP contribution in [0.3, 0.4) is 0 Å². The van der Waals surface area contributed by atoms with E-state index < -0.39 is 12.1 Å². The molecule has 1 fully saturated rings. The molecular formula is C21H28N4O3. The van der Waals surface area contributed by atoms with Crippen molar-refractivity contribution in [2.45, 2.75) is 45.7 Å². The van der Waals surface area contributed by atoms with Gasteiger partial charge in [-0.05, 0) is 31.2 Å². The Hall–Kier alpha value is -2.83. The van der Waals surface area contributed by atoms with Gasteiger partial charge in [-0.1, -0.05) is 43.7 Å². The molecule has 28 heavy (non-hydrogen) atoms. The van der Waals surface area contributed by atoms with Gasteiger partial charge in [0.25, 0.3) is 0 Å². The molecule has 1 aliphatic heterocycles. The molecule has 2 N–H and O–H groups in total. The second-order valence-electron chi connectivity index (χ2n) is 7.60. The summed E-state index contributed by atoms with van der Waals surface area (Å²) >= 11 is 0. The van der Waals surface area contributed by atoms with Crippen molar-refractivity contribution in [3.8, 4) is 11.3 Å². The van der Waals surface area contributed by atoms with E-state index in [-0.39, 0.29) is 17.9 Å². The third-order valence-electron chi connectivity index (χ3n) is 5.20. The van der Waals surface area contributed by atoms with E-state index in [4.69, 9.17) is 0 Å². The number of nitrogens with zero attached hydrogens (tertiary/aromatic N) is 2. The van der Waals surface area contributed by atoms with Crippen molar-refractivity contribution in [2.24, 2.45) is 5.92 Å². The summed E-state index contributed by atoms with van der Waals surface area (Å²) in [6, 6.07) is 7.49. The van der Waals surface area contributed by atoms with Crippen molar-refractivity contribution in [2.75, 3.05) is 13.7 Å². The number of H-pyrrole nitrogens is 1. The number of aromatic nitrogens is 2. The van der Waals surface area contributed by atoms with Gasteiger partial charge in [0.05, 0.1) is 25.0 Å². The van der Waals surface area contributed by atoms with Gasteiger partial charge in [-0.2, -0.15) is 0 Å². The fraction of sp³-hybridized carbons (Fsp3) is 0.476. The number of nitrogens with one attached hydrogen (secondary N) is 2. The largest absolute Gasteiger partial charge is 0.453 e. The fourth-order valence-corrected chi connectivity index (χ4v) is 3.58. The van der Waals surface area contributed by atoms with Crippen molar-refractivity contribution in [3.63, 3.8) is 0 Å². The van der Waals surface area contributed by atoms with E-state index in [1.807, 2.05) is 24.9 Å². The quantitative estimate of drug-likeness (QED) is 0.827. The molecule has 0 spiro atoms. The van der Waals surface area contributed by atoms with Crippen LogP contribution >= 0.6 is 0 Å². The summed E-state index contributed by atoms with van der Waals surface area (Å²) in [4.78, 5) is 34.6. The summed E-state index contributed by atoms with van der Waals surface area (Å²) < 4.78 is 4.68. The van der Waals surface area contributed by atoms with E-state index in [0.717, 1.165) is 29.9 Å². The van der Waals surface area contributed by atoms with Gasteiger partial charge in [0.2, 0.25) is 5.91 Å². The topological polar surface area (TPSA) is 87.3 Å². The van der Waals surface area contributed by atoms with Crippen LogP contribution < -0.4 is 5.32 Å². The van der Waals surface area contributed by atoms with Gasteiger partial charge in [-0.15, -0.1) is 0 Å². The van der Waals surface area contributed by atoms with Gasteiger partial charge in [0.15, 0.2) is 0 Å². The summed E-state index contributed by atoms with van der Waals surface area (Å²) in [6.45, 7) is 6.52. The molecule has 150 valence electrons. The number of ether oxygens (including phenoxy) is 1. The summed E-state index contributed by atoms with van der Waals surface area (Å²) in [5, 5.41) is 2.67. The number of alkyl carbamates (subject to hydrolysis) is 1. The van der Waals surface area contributed by atoms with Crippen LogP contribution in [-0.2, 0) is 9.53 Å². The van der Waals surface area contributed by atoms with Crippen LogP contribution in [0.2, 0.25) is 0 Å². The molecule has 2 atom stereocenters. The normalized spacial score (nSPS) is 17.6. The summed E-state index contributed by atoms with van der Waals surface area (Å²) in [7, 11) is 1.30. The average molecular weight is 384 g/mol. The fourth-order valence-electron chi connectivity index (χ4n) is 3.58. The molecule has 0 bridgehead atoms. The van der Waals surface area contributed by atoms with Crippen LogP contribution in [0, 0.1) is 12.8 Å². The molecule has 1 aromatic heterocycles. The maximum absolute atomic E-state index is 13.2. The summed E-state index contributed by atoms with van der Waals surface area (Å²) in [6.07, 6.45) is 2.96. The van der Waals surface area contributed by atoms with Crippen LogP contribution in [0.25, 0.3) is 11.3 Å². The first-order chi connectivity index (χ1) is 13.4. The summed E-state index contributed by atoms with van der Waals surface area (Å²) in [5.41, 5.74) is 3.20. The van der Waals surface area contributed by atoms with E-state index >= 15 is 0 Å². The van der Waals surface area contributed by atoms with Crippen molar-refractivity contribution in [1.29, 1.82) is 0 Å². The highest BCUT2D eigenvalue weighted by molar-refractivity contribution is 5.86. The highest BCUT2D eigenvalue weighted by Crippen LogP contribution is 2.32. The minimum absolute atomic E-state index is 0.0485. The lowest BCUT2D eigenvalue weighted by Crippen LogP contribution is -2.51. The molecule has 1 aliphatic rings. The Morgan fingerprint density at radius 1 is 1.29 bits per heavy atom. The van der Waals surface area contributed by atoms with Crippen molar-refractivity contribution >= 4 is 12.0 Å². The zero-order valence-electron chi connectivity index (χ0n) is 16.9. The van der Waals surface area contributed by atoms with Gasteiger partial charge in [-0.25, -0.2) is 9.78 Å². The molecule has 7 nitrogen and oxygen atoms in total. The average Bonchev–Trinajstić information content (AvgIpc) is 3.34. The smallest absolute Gasteiger partial charge is 0.407 e. The van der Waals surface area contributed by atoms with Gasteiger partial charge >= 0.3 is 6.09 Å². The highest BCUT2D eigenvalue weighted by atomic mass is 16.5. The number of hydrogen-bond acceptors (Lipinski definition) is 4. The Morgan fingerprint density at radius 2 is 2.00 bits per heavy atom. The first-order valence-corrected chi connectivity index (χ1v) is 9.67. The van der Waals surface area contributed by atoms with Gasteiger partial charge in [0.1, 0.15) is 11.9 Å². The first kappa shape index (κ1) is 19.9. The van der Waals surface area contributed by atoms with Crippen molar-refractivity contribution in [1.82, 2.24) is 20.2 Å². The van der Waals surface area contributed by atoms with Crippen LogP contribution in [0.15, 0.2) is 30.5 Å². The van der Waals surface area contributed by atoms with E-state index in [9.17, 15) is 9.59 Å². The number of hydrogen-bond donors (Lipinski definition) is 2. The third-order valence-corrected chi connectivity index (χ3v) is 5.20. The number of carbonyl (C=O) groups excluding carboxylic acids is 2.